The molecule has 0 aliphatic carbocycles. The minimum atomic E-state index is -4.22. The number of nitrogens with one attached hydrogen (secondary N) is 1. The van der Waals surface area contributed by atoms with E-state index in [1.165, 1.54) is 35.2 Å². The van der Waals surface area contributed by atoms with Gasteiger partial charge < -0.3 is 10.2 Å². The highest BCUT2D eigenvalue weighted by atomic mass is 35.5. The standard InChI is InChI=1S/C29H33Cl2N3O4S/c1-4-5-17-32-29(36)22(3)33(19-23-13-11-21(2)12-14-23)28(35)20-34(27-18-24(30)15-16-26(27)31)39(37,38)25-9-7-6-8-10-25/h6-16,18,22H,4-5,17,19-20H2,1-3H3,(H,32,36)/t22-/m1/s1. The quantitative estimate of drug-likeness (QED) is 0.269. The first-order valence-electron chi connectivity index (χ1n) is 12.7. The fourth-order valence-electron chi connectivity index (χ4n) is 3.92. The van der Waals surface area contributed by atoms with Gasteiger partial charge in [0.15, 0.2) is 0 Å². The molecule has 1 atom stereocenters. The van der Waals surface area contributed by atoms with E-state index >= 15 is 0 Å². The SMILES string of the molecule is CCCCNC(=O)[C@@H](C)N(Cc1ccc(C)cc1)C(=O)CN(c1cc(Cl)ccc1Cl)S(=O)(=O)c1ccccc1. The molecule has 0 unspecified atom stereocenters. The van der Waals surface area contributed by atoms with E-state index in [4.69, 9.17) is 23.2 Å². The summed E-state index contributed by atoms with van der Waals surface area (Å²) >= 11 is 12.6. The van der Waals surface area contributed by atoms with Gasteiger partial charge in [-0.25, -0.2) is 8.42 Å². The predicted octanol–water partition coefficient (Wildman–Crippen LogP) is 5.83. The Morgan fingerprint density at radius 1 is 0.974 bits per heavy atom. The molecule has 3 rings (SSSR count). The van der Waals surface area contributed by atoms with Crippen LogP contribution in [0.2, 0.25) is 10.0 Å². The summed E-state index contributed by atoms with van der Waals surface area (Å²) < 4.78 is 28.6. The van der Waals surface area contributed by atoms with E-state index in [9.17, 15) is 18.0 Å². The van der Waals surface area contributed by atoms with Crippen molar-refractivity contribution >= 4 is 50.7 Å². The second-order valence-electron chi connectivity index (χ2n) is 9.25. The Morgan fingerprint density at radius 2 is 1.64 bits per heavy atom. The third-order valence-corrected chi connectivity index (χ3v) is 8.59. The molecule has 3 aromatic carbocycles. The Balaban J connectivity index is 2.02. The van der Waals surface area contributed by atoms with Crippen LogP contribution >= 0.6 is 23.2 Å². The Bertz CT molecular complexity index is 1380. The molecule has 208 valence electrons. The fourth-order valence-corrected chi connectivity index (χ4v) is 5.80. The highest BCUT2D eigenvalue weighted by Gasteiger charge is 2.33. The zero-order valence-electron chi connectivity index (χ0n) is 22.2. The molecule has 2 amide bonds. The molecule has 0 spiro atoms. The zero-order valence-corrected chi connectivity index (χ0v) is 24.6. The highest BCUT2D eigenvalue weighted by Crippen LogP contribution is 2.33. The van der Waals surface area contributed by atoms with Crippen molar-refractivity contribution in [2.24, 2.45) is 0 Å². The van der Waals surface area contributed by atoms with Crippen molar-refractivity contribution in [3.8, 4) is 0 Å². The van der Waals surface area contributed by atoms with E-state index in [0.29, 0.717) is 6.54 Å². The maximum atomic E-state index is 13.9. The van der Waals surface area contributed by atoms with Crippen LogP contribution in [0.1, 0.15) is 37.8 Å². The lowest BCUT2D eigenvalue weighted by Crippen LogP contribution is -2.51. The fraction of sp³-hybridized carbons (Fsp3) is 0.310. The van der Waals surface area contributed by atoms with E-state index < -0.39 is 28.5 Å². The number of carbonyl (C=O) groups excluding carboxylic acids is 2. The van der Waals surface area contributed by atoms with Crippen LogP contribution in [0.15, 0.2) is 77.7 Å². The monoisotopic (exact) mass is 589 g/mol. The maximum Gasteiger partial charge on any atom is 0.264 e. The lowest BCUT2D eigenvalue weighted by Gasteiger charge is -2.32. The van der Waals surface area contributed by atoms with Gasteiger partial charge in [0, 0.05) is 18.1 Å². The van der Waals surface area contributed by atoms with Crippen molar-refractivity contribution in [3.05, 3.63) is 94.0 Å². The second-order valence-corrected chi connectivity index (χ2v) is 12.0. The largest absolute Gasteiger partial charge is 0.354 e. The molecule has 0 radical (unpaired) electrons. The summed E-state index contributed by atoms with van der Waals surface area (Å²) in [5, 5.41) is 3.24. The van der Waals surface area contributed by atoms with Gasteiger partial charge >= 0.3 is 0 Å². The summed E-state index contributed by atoms with van der Waals surface area (Å²) in [7, 11) is -4.22. The molecule has 3 aromatic rings. The van der Waals surface area contributed by atoms with Gasteiger partial charge in [-0.05, 0) is 56.2 Å². The summed E-state index contributed by atoms with van der Waals surface area (Å²) in [6.45, 7) is 5.62. The van der Waals surface area contributed by atoms with E-state index in [1.807, 2.05) is 38.1 Å². The Labute approximate surface area is 240 Å². The topological polar surface area (TPSA) is 86.8 Å². The van der Waals surface area contributed by atoms with Crippen LogP contribution in [0.25, 0.3) is 0 Å². The molecule has 0 aliphatic rings. The number of carbonyl (C=O) groups is 2. The van der Waals surface area contributed by atoms with Gasteiger partial charge in [0.25, 0.3) is 10.0 Å². The Hall–Kier alpha value is -3.07. The van der Waals surface area contributed by atoms with E-state index in [2.05, 4.69) is 5.32 Å². The molecule has 0 heterocycles. The van der Waals surface area contributed by atoms with Crippen LogP contribution in [-0.2, 0) is 26.2 Å². The molecule has 7 nitrogen and oxygen atoms in total. The van der Waals surface area contributed by atoms with Gasteiger partial charge in [0.2, 0.25) is 11.8 Å². The number of amides is 2. The molecule has 10 heteroatoms. The third-order valence-electron chi connectivity index (χ3n) is 6.26. The van der Waals surface area contributed by atoms with Gasteiger partial charge in [-0.3, -0.25) is 13.9 Å². The Morgan fingerprint density at radius 3 is 2.28 bits per heavy atom. The van der Waals surface area contributed by atoms with Crippen LogP contribution in [0.3, 0.4) is 0 Å². The number of hydrogen-bond donors (Lipinski definition) is 1. The van der Waals surface area contributed by atoms with Crippen molar-refractivity contribution in [3.63, 3.8) is 0 Å². The van der Waals surface area contributed by atoms with Crippen LogP contribution < -0.4 is 9.62 Å². The minimum absolute atomic E-state index is 0.00992. The van der Waals surface area contributed by atoms with Crippen LogP contribution in [0.5, 0.6) is 0 Å². The molecule has 0 saturated heterocycles. The molecule has 0 aromatic heterocycles. The van der Waals surface area contributed by atoms with Crippen molar-refractivity contribution in [1.29, 1.82) is 0 Å². The van der Waals surface area contributed by atoms with E-state index in [0.717, 1.165) is 28.3 Å². The first-order chi connectivity index (χ1) is 18.5. The number of halogens is 2. The van der Waals surface area contributed by atoms with Gasteiger partial charge in [-0.2, -0.15) is 0 Å². The first-order valence-corrected chi connectivity index (χ1v) is 14.9. The number of sulfonamides is 1. The molecular formula is C29H33Cl2N3O4S. The molecule has 0 bridgehead atoms. The van der Waals surface area contributed by atoms with Crippen molar-refractivity contribution < 1.29 is 18.0 Å². The number of anilines is 1. The average Bonchev–Trinajstić information content (AvgIpc) is 2.92. The first kappa shape index (κ1) is 30.5. The lowest BCUT2D eigenvalue weighted by atomic mass is 10.1. The number of nitrogens with zero attached hydrogens (tertiary/aromatic N) is 2. The van der Waals surface area contributed by atoms with Crippen molar-refractivity contribution in [1.82, 2.24) is 10.2 Å². The van der Waals surface area contributed by atoms with Gasteiger partial charge in [0.1, 0.15) is 12.6 Å². The Kier molecular flexibility index (Phi) is 10.8. The van der Waals surface area contributed by atoms with E-state index in [-0.39, 0.29) is 33.1 Å². The van der Waals surface area contributed by atoms with Crippen LogP contribution in [0, 0.1) is 6.92 Å². The normalized spacial score (nSPS) is 12.0. The molecule has 0 aliphatic heterocycles. The number of hydrogen-bond acceptors (Lipinski definition) is 4. The van der Waals surface area contributed by atoms with Gasteiger partial charge in [-0.1, -0.05) is 84.6 Å². The van der Waals surface area contributed by atoms with Gasteiger partial charge in [0.05, 0.1) is 15.6 Å². The molecule has 1 N–H and O–H groups in total. The highest BCUT2D eigenvalue weighted by molar-refractivity contribution is 7.92. The van der Waals surface area contributed by atoms with Crippen LogP contribution in [0.4, 0.5) is 5.69 Å². The van der Waals surface area contributed by atoms with Crippen molar-refractivity contribution in [2.45, 2.75) is 51.1 Å². The minimum Gasteiger partial charge on any atom is -0.354 e. The third kappa shape index (κ3) is 7.97. The summed E-state index contributed by atoms with van der Waals surface area (Å²) in [5.41, 5.74) is 1.93. The predicted molar refractivity (Wildman–Crippen MR) is 157 cm³/mol. The molecule has 0 fully saturated rings. The molecule has 39 heavy (non-hydrogen) atoms. The van der Waals surface area contributed by atoms with E-state index in [1.54, 1.807) is 25.1 Å². The lowest BCUT2D eigenvalue weighted by molar-refractivity contribution is -0.139. The number of benzene rings is 3. The second kappa shape index (κ2) is 13.8. The average molecular weight is 591 g/mol. The number of aryl methyl sites for hydroxylation is 1. The number of unbranched alkanes of at least 4 members (excludes halogenated alkanes) is 1. The summed E-state index contributed by atoms with van der Waals surface area (Å²) in [4.78, 5) is 28.3. The molecule has 0 saturated carbocycles. The zero-order chi connectivity index (χ0) is 28.6. The van der Waals surface area contributed by atoms with Gasteiger partial charge in [-0.15, -0.1) is 0 Å². The maximum absolute atomic E-state index is 13.9. The number of rotatable bonds is 12. The van der Waals surface area contributed by atoms with Crippen molar-refractivity contribution in [2.75, 3.05) is 17.4 Å². The summed E-state index contributed by atoms with van der Waals surface area (Å²) in [6, 6.07) is 18.9. The van der Waals surface area contributed by atoms with Crippen LogP contribution in [-0.4, -0.2) is 44.3 Å². The summed E-state index contributed by atoms with van der Waals surface area (Å²) in [5.74, 6) is -0.883. The smallest absolute Gasteiger partial charge is 0.264 e. The summed E-state index contributed by atoms with van der Waals surface area (Å²) in [6.07, 6.45) is 1.72. The molecular weight excluding hydrogens is 557 g/mol.